The van der Waals surface area contributed by atoms with Gasteiger partial charge in [-0.05, 0) is 6.54 Å². The summed E-state index contributed by atoms with van der Waals surface area (Å²) in [6.07, 6.45) is 0.476. The lowest BCUT2D eigenvalue weighted by atomic mass is 10.2. The number of nitrogens with zero attached hydrogens (tertiary/aromatic N) is 4. The van der Waals surface area contributed by atoms with Crippen molar-refractivity contribution in [2.75, 3.05) is 33.3 Å². The highest BCUT2D eigenvalue weighted by Crippen LogP contribution is 2.08. The second-order valence-corrected chi connectivity index (χ2v) is 4.36. The maximum absolute atomic E-state index is 11.6. The van der Waals surface area contributed by atoms with E-state index in [9.17, 15) is 9.59 Å². The fourth-order valence-corrected chi connectivity index (χ4v) is 2.09. The molecule has 1 saturated heterocycles. The molecule has 0 radical (unpaired) electrons. The molecule has 9 nitrogen and oxygen atoms in total. The third-order valence-corrected chi connectivity index (χ3v) is 3.12. The summed E-state index contributed by atoms with van der Waals surface area (Å²) in [5.41, 5.74) is 6.37. The van der Waals surface area contributed by atoms with Crippen LogP contribution in [-0.4, -0.2) is 65.2 Å². The van der Waals surface area contributed by atoms with E-state index in [-0.39, 0.29) is 11.7 Å². The van der Waals surface area contributed by atoms with Gasteiger partial charge in [0.25, 0.3) is 0 Å². The van der Waals surface area contributed by atoms with E-state index in [1.165, 1.54) is 7.11 Å². The van der Waals surface area contributed by atoms with Crippen LogP contribution in [0, 0.1) is 0 Å². The van der Waals surface area contributed by atoms with Gasteiger partial charge in [0.1, 0.15) is 0 Å². The predicted molar refractivity (Wildman–Crippen MR) is 69.1 cm³/mol. The third-order valence-electron chi connectivity index (χ3n) is 3.12. The lowest BCUT2D eigenvalue weighted by Gasteiger charge is -2.14. The fraction of sp³-hybridized carbons (Fsp3) is 0.636. The van der Waals surface area contributed by atoms with Crippen LogP contribution in [0.1, 0.15) is 16.2 Å². The topological polar surface area (TPSA) is 115 Å². The molecule has 0 bridgehead atoms. The van der Waals surface area contributed by atoms with Crippen molar-refractivity contribution in [2.45, 2.75) is 13.0 Å². The quantitative estimate of drug-likeness (QED) is 0.619. The Bertz CT molecular complexity index is 500. The number of hydrogen-bond acceptors (Lipinski definition) is 6. The number of esters is 1. The summed E-state index contributed by atoms with van der Waals surface area (Å²) < 4.78 is 6.26. The van der Waals surface area contributed by atoms with Crippen LogP contribution in [0.2, 0.25) is 0 Å². The Morgan fingerprint density at radius 3 is 2.90 bits per heavy atom. The number of urea groups is 1. The van der Waals surface area contributed by atoms with E-state index in [2.05, 4.69) is 20.4 Å². The number of amides is 2. The van der Waals surface area contributed by atoms with E-state index in [0.717, 1.165) is 0 Å². The SMILES string of the molecule is COC(=O)c1nnn(CCN2CCNC2=O)c1CCN. The fourth-order valence-electron chi connectivity index (χ4n) is 2.09. The van der Waals surface area contributed by atoms with E-state index in [1.54, 1.807) is 9.58 Å². The molecule has 2 amide bonds. The highest BCUT2D eigenvalue weighted by atomic mass is 16.5. The second-order valence-electron chi connectivity index (χ2n) is 4.36. The first-order valence-electron chi connectivity index (χ1n) is 6.41. The molecule has 1 aromatic heterocycles. The van der Waals surface area contributed by atoms with Crippen molar-refractivity contribution in [1.82, 2.24) is 25.2 Å². The molecule has 0 unspecified atom stereocenters. The average Bonchev–Trinajstić information content (AvgIpc) is 3.03. The van der Waals surface area contributed by atoms with Crippen LogP contribution in [0.4, 0.5) is 4.79 Å². The minimum absolute atomic E-state index is 0.0846. The molecule has 0 spiro atoms. The average molecular weight is 282 g/mol. The van der Waals surface area contributed by atoms with Gasteiger partial charge in [0.15, 0.2) is 5.69 Å². The standard InChI is InChI=1S/C11H18N6O3/c1-20-10(18)9-8(2-3-12)17(15-14-9)7-6-16-5-4-13-11(16)19/h2-7,12H2,1H3,(H,13,19). The number of carbonyl (C=O) groups excluding carboxylic acids is 2. The van der Waals surface area contributed by atoms with Crippen LogP contribution in [0.5, 0.6) is 0 Å². The Hall–Kier alpha value is -2.16. The Labute approximate surface area is 116 Å². The molecule has 0 saturated carbocycles. The number of aromatic nitrogens is 3. The highest BCUT2D eigenvalue weighted by molar-refractivity contribution is 5.88. The molecule has 20 heavy (non-hydrogen) atoms. The van der Waals surface area contributed by atoms with E-state index in [0.29, 0.717) is 44.8 Å². The third kappa shape index (κ3) is 2.87. The zero-order valence-corrected chi connectivity index (χ0v) is 11.3. The normalized spacial score (nSPS) is 14.5. The van der Waals surface area contributed by atoms with Crippen molar-refractivity contribution in [3.63, 3.8) is 0 Å². The number of rotatable bonds is 6. The molecule has 2 rings (SSSR count). The summed E-state index contributed by atoms with van der Waals surface area (Å²) in [4.78, 5) is 24.7. The number of hydrogen-bond donors (Lipinski definition) is 2. The Morgan fingerprint density at radius 2 is 2.30 bits per heavy atom. The predicted octanol–water partition coefficient (Wildman–Crippen LogP) is -1.41. The monoisotopic (exact) mass is 282 g/mol. The van der Waals surface area contributed by atoms with Gasteiger partial charge in [-0.25, -0.2) is 14.3 Å². The van der Waals surface area contributed by atoms with Crippen molar-refractivity contribution in [1.29, 1.82) is 0 Å². The van der Waals surface area contributed by atoms with Gasteiger partial charge in [0.05, 0.1) is 19.3 Å². The minimum Gasteiger partial charge on any atom is -0.464 e. The van der Waals surface area contributed by atoms with Crippen LogP contribution < -0.4 is 11.1 Å². The zero-order chi connectivity index (χ0) is 14.5. The molecule has 1 aliphatic rings. The first-order valence-corrected chi connectivity index (χ1v) is 6.41. The largest absolute Gasteiger partial charge is 0.464 e. The Kier molecular flexibility index (Phi) is 4.51. The molecule has 1 aliphatic heterocycles. The molecule has 1 aromatic rings. The van der Waals surface area contributed by atoms with Gasteiger partial charge in [-0.1, -0.05) is 5.21 Å². The van der Waals surface area contributed by atoms with Crippen LogP contribution in [-0.2, 0) is 17.7 Å². The molecule has 0 aliphatic carbocycles. The number of nitrogens with two attached hydrogens (primary N) is 1. The molecule has 110 valence electrons. The first-order chi connectivity index (χ1) is 9.67. The van der Waals surface area contributed by atoms with Gasteiger partial charge in [-0.3, -0.25) is 0 Å². The van der Waals surface area contributed by atoms with E-state index in [4.69, 9.17) is 5.73 Å². The molecular weight excluding hydrogens is 264 g/mol. The van der Waals surface area contributed by atoms with Crippen molar-refractivity contribution >= 4 is 12.0 Å². The van der Waals surface area contributed by atoms with Crippen LogP contribution in [0.3, 0.4) is 0 Å². The molecule has 1 fully saturated rings. The molecule has 0 aromatic carbocycles. The minimum atomic E-state index is -0.529. The van der Waals surface area contributed by atoms with Crippen LogP contribution >= 0.6 is 0 Å². The van der Waals surface area contributed by atoms with Crippen LogP contribution in [0.15, 0.2) is 0 Å². The van der Waals surface area contributed by atoms with E-state index >= 15 is 0 Å². The molecule has 9 heteroatoms. The van der Waals surface area contributed by atoms with Gasteiger partial charge in [-0.15, -0.1) is 5.10 Å². The number of methoxy groups -OCH3 is 1. The molecular formula is C11H18N6O3. The summed E-state index contributed by atoms with van der Waals surface area (Å²) in [6, 6.07) is -0.0846. The summed E-state index contributed by atoms with van der Waals surface area (Å²) in [5, 5.41) is 10.5. The maximum Gasteiger partial charge on any atom is 0.360 e. The highest BCUT2D eigenvalue weighted by Gasteiger charge is 2.22. The smallest absolute Gasteiger partial charge is 0.360 e. The number of carbonyl (C=O) groups is 2. The van der Waals surface area contributed by atoms with Crippen molar-refractivity contribution in [3.05, 3.63) is 11.4 Å². The molecule has 3 N–H and O–H groups in total. The number of nitrogens with one attached hydrogen (secondary N) is 1. The maximum atomic E-state index is 11.6. The summed E-state index contributed by atoms with van der Waals surface area (Å²) in [5.74, 6) is -0.529. The second kappa shape index (κ2) is 6.33. The van der Waals surface area contributed by atoms with Crippen molar-refractivity contribution in [3.8, 4) is 0 Å². The van der Waals surface area contributed by atoms with Crippen molar-refractivity contribution in [2.24, 2.45) is 5.73 Å². The summed E-state index contributed by atoms with van der Waals surface area (Å²) in [6.45, 7) is 2.67. The lowest BCUT2D eigenvalue weighted by molar-refractivity contribution is 0.0592. The van der Waals surface area contributed by atoms with Crippen LogP contribution in [0.25, 0.3) is 0 Å². The van der Waals surface area contributed by atoms with Crippen molar-refractivity contribution < 1.29 is 14.3 Å². The number of ether oxygens (including phenoxy) is 1. The van der Waals surface area contributed by atoms with Gasteiger partial charge in [-0.2, -0.15) is 0 Å². The Balaban J connectivity index is 2.08. The molecule has 2 heterocycles. The van der Waals surface area contributed by atoms with E-state index < -0.39 is 5.97 Å². The summed E-state index contributed by atoms with van der Waals surface area (Å²) >= 11 is 0. The van der Waals surface area contributed by atoms with Gasteiger partial charge in [0.2, 0.25) is 0 Å². The van der Waals surface area contributed by atoms with E-state index in [1.807, 2.05) is 0 Å². The lowest BCUT2D eigenvalue weighted by Crippen LogP contribution is -2.31. The molecule has 0 atom stereocenters. The van der Waals surface area contributed by atoms with Gasteiger partial charge >= 0.3 is 12.0 Å². The van der Waals surface area contributed by atoms with Gasteiger partial charge < -0.3 is 20.7 Å². The van der Waals surface area contributed by atoms with Gasteiger partial charge in [0, 0.05) is 26.1 Å². The first kappa shape index (κ1) is 14.3. The zero-order valence-electron chi connectivity index (χ0n) is 11.3. The summed E-state index contributed by atoms with van der Waals surface area (Å²) in [7, 11) is 1.29. The Morgan fingerprint density at radius 1 is 1.50 bits per heavy atom.